The zero-order chi connectivity index (χ0) is 14.2. The third-order valence-electron chi connectivity index (χ3n) is 3.11. The number of carbonyl (C=O) groups is 1. The van der Waals surface area contributed by atoms with Gasteiger partial charge in [0, 0.05) is 6.20 Å². The van der Waals surface area contributed by atoms with Crippen molar-refractivity contribution in [2.45, 2.75) is 5.54 Å². The van der Waals surface area contributed by atoms with Crippen LogP contribution in [0.5, 0.6) is 0 Å². The Hall–Kier alpha value is -1.92. The molecule has 0 spiro atoms. The number of nitrogens with two attached hydrogens (primary N) is 3. The van der Waals surface area contributed by atoms with Gasteiger partial charge in [0.05, 0.1) is 10.9 Å². The van der Waals surface area contributed by atoms with Gasteiger partial charge in [-0.3, -0.25) is 4.79 Å². The summed E-state index contributed by atoms with van der Waals surface area (Å²) in [5.74, 6) is -2.11. The van der Waals surface area contributed by atoms with Crippen LogP contribution in [0.4, 0.5) is 4.39 Å². The number of halogens is 2. The summed E-state index contributed by atoms with van der Waals surface area (Å²) in [7, 11) is 0. The minimum atomic E-state index is -1.43. The highest BCUT2D eigenvalue weighted by atomic mass is 35.5. The lowest BCUT2D eigenvalue weighted by Gasteiger charge is -2.35. The quantitative estimate of drug-likeness (QED) is 0.740. The molecule has 0 fully saturated rings. The van der Waals surface area contributed by atoms with Crippen LogP contribution in [0, 0.1) is 11.7 Å². The lowest BCUT2D eigenvalue weighted by atomic mass is 9.76. The first-order valence-corrected chi connectivity index (χ1v) is 5.79. The summed E-state index contributed by atoms with van der Waals surface area (Å²) in [5.41, 5.74) is 16.2. The molecular weight excluding hydrogens is 271 g/mol. The zero-order valence-electron chi connectivity index (χ0n) is 9.81. The molecule has 100 valence electrons. The molecule has 1 heterocycles. The van der Waals surface area contributed by atoms with Crippen molar-refractivity contribution in [3.63, 3.8) is 0 Å². The summed E-state index contributed by atoms with van der Waals surface area (Å²) in [4.78, 5) is 15.4. The van der Waals surface area contributed by atoms with E-state index in [4.69, 9.17) is 28.8 Å². The van der Waals surface area contributed by atoms with E-state index >= 15 is 0 Å². The number of amides is 1. The maximum Gasteiger partial charge on any atom is 0.227 e. The van der Waals surface area contributed by atoms with Crippen LogP contribution in [0.3, 0.4) is 0 Å². The average Bonchev–Trinajstić information content (AvgIpc) is 2.35. The summed E-state index contributed by atoms with van der Waals surface area (Å²) in [6.45, 7) is 0. The first kappa shape index (κ1) is 13.5. The fraction of sp³-hybridized carbons (Fsp3) is 0.167. The lowest BCUT2D eigenvalue weighted by molar-refractivity contribution is -0.121. The van der Waals surface area contributed by atoms with E-state index in [1.807, 2.05) is 0 Å². The van der Waals surface area contributed by atoms with Crippen molar-refractivity contribution in [3.05, 3.63) is 46.9 Å². The molecule has 5 nitrogen and oxygen atoms in total. The van der Waals surface area contributed by atoms with Gasteiger partial charge in [-0.2, -0.15) is 0 Å². The second-order valence-electron chi connectivity index (χ2n) is 4.23. The van der Waals surface area contributed by atoms with E-state index in [1.165, 1.54) is 24.4 Å². The second-order valence-corrected chi connectivity index (χ2v) is 4.64. The van der Waals surface area contributed by atoms with E-state index in [2.05, 4.69) is 4.99 Å². The van der Waals surface area contributed by atoms with Crippen molar-refractivity contribution in [2.24, 2.45) is 28.1 Å². The number of hydrogen-bond acceptors (Lipinski definition) is 4. The van der Waals surface area contributed by atoms with Crippen LogP contribution >= 0.6 is 11.6 Å². The molecule has 0 radical (unpaired) electrons. The van der Waals surface area contributed by atoms with Gasteiger partial charge in [0.1, 0.15) is 17.2 Å². The summed E-state index contributed by atoms with van der Waals surface area (Å²) in [5, 5.41) is -0.118. The molecular formula is C12H12ClFN4O. The van der Waals surface area contributed by atoms with Gasteiger partial charge in [0.25, 0.3) is 0 Å². The summed E-state index contributed by atoms with van der Waals surface area (Å²) in [6, 6.07) is 3.86. The molecule has 19 heavy (non-hydrogen) atoms. The van der Waals surface area contributed by atoms with Crippen molar-refractivity contribution in [3.8, 4) is 0 Å². The topological polar surface area (TPSA) is 107 Å². The molecule has 6 N–H and O–H groups in total. The Kier molecular flexibility index (Phi) is 3.30. The number of amidine groups is 1. The van der Waals surface area contributed by atoms with E-state index in [0.29, 0.717) is 5.56 Å². The van der Waals surface area contributed by atoms with Crippen LogP contribution in [0.25, 0.3) is 0 Å². The van der Waals surface area contributed by atoms with Gasteiger partial charge in [0.15, 0.2) is 0 Å². The average molecular weight is 283 g/mol. The molecule has 0 saturated carbocycles. The molecule has 0 saturated heterocycles. The van der Waals surface area contributed by atoms with Crippen molar-refractivity contribution in [2.75, 3.05) is 0 Å². The van der Waals surface area contributed by atoms with Gasteiger partial charge in [-0.1, -0.05) is 23.7 Å². The highest BCUT2D eigenvalue weighted by molar-refractivity contribution is 6.30. The largest absolute Gasteiger partial charge is 0.385 e. The normalized spacial score (nSPS) is 26.1. The molecule has 1 aromatic rings. The Labute approximate surface area is 113 Å². The van der Waals surface area contributed by atoms with E-state index in [1.54, 1.807) is 0 Å². The Balaban J connectivity index is 2.60. The minimum Gasteiger partial charge on any atom is -0.385 e. The molecule has 2 atom stereocenters. The standard InChI is InChI=1S/C12H12ClFN4O/c13-8-5-6(1-2-9(8)14)12(17)7(10(15)19)3-4-18-11(12)16/h1-5,7H,17H2,(H2,15,19)(H2,16,18). The number of aliphatic imine (C=N–C) groups is 1. The predicted octanol–water partition coefficient (Wildman–Crippen LogP) is 0.619. The van der Waals surface area contributed by atoms with Gasteiger partial charge in [-0.25, -0.2) is 9.38 Å². The number of hydrogen-bond donors (Lipinski definition) is 3. The van der Waals surface area contributed by atoms with Crippen LogP contribution in [-0.2, 0) is 10.3 Å². The zero-order valence-corrected chi connectivity index (χ0v) is 10.6. The molecule has 0 aromatic heterocycles. The van der Waals surface area contributed by atoms with Crippen molar-refractivity contribution < 1.29 is 9.18 Å². The van der Waals surface area contributed by atoms with E-state index < -0.39 is 23.2 Å². The maximum absolute atomic E-state index is 13.2. The number of nitrogens with zero attached hydrogens (tertiary/aromatic N) is 1. The Morgan fingerprint density at radius 3 is 2.74 bits per heavy atom. The first-order chi connectivity index (χ1) is 8.87. The van der Waals surface area contributed by atoms with Crippen molar-refractivity contribution in [1.29, 1.82) is 0 Å². The van der Waals surface area contributed by atoms with Gasteiger partial charge in [-0.15, -0.1) is 0 Å². The fourth-order valence-electron chi connectivity index (χ4n) is 2.03. The van der Waals surface area contributed by atoms with Crippen molar-refractivity contribution >= 4 is 23.3 Å². The van der Waals surface area contributed by atoms with Crippen LogP contribution in [-0.4, -0.2) is 11.7 Å². The van der Waals surface area contributed by atoms with E-state index in [9.17, 15) is 9.18 Å². The first-order valence-electron chi connectivity index (χ1n) is 5.41. The van der Waals surface area contributed by atoms with Crippen molar-refractivity contribution in [1.82, 2.24) is 0 Å². The molecule has 0 bridgehead atoms. The smallest absolute Gasteiger partial charge is 0.227 e. The molecule has 2 rings (SSSR count). The predicted molar refractivity (Wildman–Crippen MR) is 70.7 cm³/mol. The minimum absolute atomic E-state index is 0.0153. The second kappa shape index (κ2) is 4.64. The summed E-state index contributed by atoms with van der Waals surface area (Å²) in [6.07, 6.45) is 2.82. The van der Waals surface area contributed by atoms with Crippen LogP contribution in [0.15, 0.2) is 35.5 Å². The highest BCUT2D eigenvalue weighted by Gasteiger charge is 2.44. The Morgan fingerprint density at radius 1 is 1.47 bits per heavy atom. The molecule has 1 aliphatic heterocycles. The molecule has 2 unspecified atom stereocenters. The molecule has 0 aliphatic carbocycles. The summed E-state index contributed by atoms with van der Waals surface area (Å²) >= 11 is 5.72. The Bertz CT molecular complexity index is 601. The SMILES string of the molecule is NC(=O)C1C=CN=C(N)C1(N)c1ccc(F)c(Cl)c1. The van der Waals surface area contributed by atoms with E-state index in [0.717, 1.165) is 6.07 Å². The third-order valence-corrected chi connectivity index (χ3v) is 3.40. The lowest BCUT2D eigenvalue weighted by Crippen LogP contribution is -2.58. The van der Waals surface area contributed by atoms with Crippen LogP contribution in [0.2, 0.25) is 5.02 Å². The molecule has 1 amide bonds. The third kappa shape index (κ3) is 2.09. The monoisotopic (exact) mass is 282 g/mol. The molecule has 1 aromatic carbocycles. The van der Waals surface area contributed by atoms with E-state index in [-0.39, 0.29) is 10.9 Å². The molecule has 1 aliphatic rings. The van der Waals surface area contributed by atoms with Gasteiger partial charge in [0.2, 0.25) is 5.91 Å². The van der Waals surface area contributed by atoms with Gasteiger partial charge in [-0.05, 0) is 17.7 Å². The molecule has 7 heteroatoms. The Morgan fingerprint density at radius 2 is 2.16 bits per heavy atom. The number of rotatable bonds is 2. The number of carbonyl (C=O) groups excluding carboxylic acids is 1. The summed E-state index contributed by atoms with van der Waals surface area (Å²) < 4.78 is 13.2. The van der Waals surface area contributed by atoms with Crippen LogP contribution in [0.1, 0.15) is 5.56 Å². The number of benzene rings is 1. The maximum atomic E-state index is 13.2. The van der Waals surface area contributed by atoms with Gasteiger partial charge < -0.3 is 17.2 Å². The highest BCUT2D eigenvalue weighted by Crippen LogP contribution is 2.33. The van der Waals surface area contributed by atoms with Crippen LogP contribution < -0.4 is 17.2 Å². The fourth-order valence-corrected chi connectivity index (χ4v) is 2.21. The number of primary amides is 1. The van der Waals surface area contributed by atoms with Gasteiger partial charge >= 0.3 is 0 Å².